The van der Waals surface area contributed by atoms with Crippen LogP contribution in [-0.2, 0) is 0 Å². The Morgan fingerprint density at radius 3 is 2.57 bits per heavy atom. The van der Waals surface area contributed by atoms with Crippen LogP contribution in [-0.4, -0.2) is 20.6 Å². The molecule has 2 heteroatoms. The molecule has 0 fully saturated rings. The van der Waals surface area contributed by atoms with E-state index in [2.05, 4.69) is 41.5 Å². The van der Waals surface area contributed by atoms with Crippen LogP contribution in [0.3, 0.4) is 0 Å². The summed E-state index contributed by atoms with van der Waals surface area (Å²) in [5.41, 5.74) is 2.78. The third-order valence-corrected chi connectivity index (χ3v) is 2.53. The average Bonchev–Trinajstić information content (AvgIpc) is 2.59. The van der Waals surface area contributed by atoms with Gasteiger partial charge in [0.05, 0.1) is 6.04 Å². The number of fused-ring (bicyclic) bond motifs is 1. The van der Waals surface area contributed by atoms with Gasteiger partial charge in [-0.05, 0) is 18.7 Å². The molecule has 0 saturated carbocycles. The maximum absolute atomic E-state index is 3.31. The van der Waals surface area contributed by atoms with Crippen molar-refractivity contribution in [2.45, 2.75) is 19.9 Å². The predicted molar refractivity (Wildman–Crippen MR) is 62.9 cm³/mol. The molecule has 1 aliphatic heterocycles. The molecule has 0 aromatic heterocycles. The summed E-state index contributed by atoms with van der Waals surface area (Å²) < 4.78 is 0. The lowest BCUT2D eigenvalue weighted by Crippen LogP contribution is -2.22. The molecule has 14 heavy (non-hydrogen) atoms. The Bertz CT molecular complexity index is 283. The van der Waals surface area contributed by atoms with Crippen LogP contribution in [0, 0.1) is 0 Å². The van der Waals surface area contributed by atoms with Crippen LogP contribution in [0.15, 0.2) is 24.3 Å². The van der Waals surface area contributed by atoms with E-state index in [0.717, 1.165) is 6.54 Å². The van der Waals surface area contributed by atoms with E-state index in [1.54, 1.807) is 0 Å². The quantitative estimate of drug-likeness (QED) is 0.735. The Morgan fingerprint density at radius 2 is 1.93 bits per heavy atom. The van der Waals surface area contributed by atoms with Crippen LogP contribution < -0.4 is 10.2 Å². The number of hydrogen-bond donors (Lipinski definition) is 1. The highest BCUT2D eigenvalue weighted by molar-refractivity contribution is 5.59. The topological polar surface area (TPSA) is 15.3 Å². The van der Waals surface area contributed by atoms with Crippen molar-refractivity contribution in [3.63, 3.8) is 0 Å². The molecule has 0 amide bonds. The summed E-state index contributed by atoms with van der Waals surface area (Å²) in [6, 6.07) is 9.06. The SMILES string of the molecule is CC.CNC1CN(C)c2ccccc21. The van der Waals surface area contributed by atoms with E-state index in [1.165, 1.54) is 11.3 Å². The van der Waals surface area contributed by atoms with E-state index >= 15 is 0 Å². The summed E-state index contributed by atoms with van der Waals surface area (Å²) in [5, 5.41) is 3.31. The van der Waals surface area contributed by atoms with Crippen LogP contribution in [0.5, 0.6) is 0 Å². The molecule has 0 bridgehead atoms. The zero-order valence-corrected chi connectivity index (χ0v) is 9.54. The maximum Gasteiger partial charge on any atom is 0.0516 e. The molecule has 0 saturated heterocycles. The van der Waals surface area contributed by atoms with Gasteiger partial charge in [0, 0.05) is 19.3 Å². The molecule has 78 valence electrons. The first-order valence-corrected chi connectivity index (χ1v) is 5.30. The number of hydrogen-bond acceptors (Lipinski definition) is 2. The minimum absolute atomic E-state index is 0.506. The first-order chi connectivity index (χ1) is 6.83. The van der Waals surface area contributed by atoms with Crippen molar-refractivity contribution in [2.24, 2.45) is 0 Å². The normalized spacial score (nSPS) is 18.6. The molecular formula is C12H20N2. The highest BCUT2D eigenvalue weighted by atomic mass is 15.2. The summed E-state index contributed by atoms with van der Waals surface area (Å²) in [6.07, 6.45) is 0. The summed E-state index contributed by atoms with van der Waals surface area (Å²) in [4.78, 5) is 2.29. The van der Waals surface area contributed by atoms with Crippen LogP contribution in [0.4, 0.5) is 5.69 Å². The zero-order valence-electron chi connectivity index (χ0n) is 9.54. The Balaban J connectivity index is 0.000000461. The Kier molecular flexibility index (Phi) is 3.96. The standard InChI is InChI=1S/C10H14N2.C2H6/c1-11-9-7-12(2)10-6-4-3-5-8(9)10;1-2/h3-6,9,11H,7H2,1-2H3;1-2H3. The van der Waals surface area contributed by atoms with E-state index in [9.17, 15) is 0 Å². The maximum atomic E-state index is 3.31. The fourth-order valence-electron chi connectivity index (χ4n) is 1.85. The first kappa shape index (κ1) is 11.1. The summed E-state index contributed by atoms with van der Waals surface area (Å²) in [6.45, 7) is 5.08. The van der Waals surface area contributed by atoms with Gasteiger partial charge in [0.1, 0.15) is 0 Å². The van der Waals surface area contributed by atoms with Gasteiger partial charge in [0.25, 0.3) is 0 Å². The van der Waals surface area contributed by atoms with E-state index in [4.69, 9.17) is 0 Å². The van der Waals surface area contributed by atoms with Crippen LogP contribution >= 0.6 is 0 Å². The monoisotopic (exact) mass is 192 g/mol. The second kappa shape index (κ2) is 5.01. The van der Waals surface area contributed by atoms with E-state index < -0.39 is 0 Å². The zero-order chi connectivity index (χ0) is 10.6. The van der Waals surface area contributed by atoms with Crippen LogP contribution in [0.25, 0.3) is 0 Å². The van der Waals surface area contributed by atoms with Gasteiger partial charge in [-0.1, -0.05) is 32.0 Å². The molecule has 0 spiro atoms. The van der Waals surface area contributed by atoms with Gasteiger partial charge in [0.15, 0.2) is 0 Å². The summed E-state index contributed by atoms with van der Waals surface area (Å²) >= 11 is 0. The second-order valence-electron chi connectivity index (χ2n) is 3.28. The highest BCUT2D eigenvalue weighted by Gasteiger charge is 2.23. The fourth-order valence-corrected chi connectivity index (χ4v) is 1.85. The average molecular weight is 192 g/mol. The summed E-state index contributed by atoms with van der Waals surface area (Å²) in [5.74, 6) is 0. The number of nitrogens with one attached hydrogen (secondary N) is 1. The fraction of sp³-hybridized carbons (Fsp3) is 0.500. The van der Waals surface area contributed by atoms with Gasteiger partial charge in [-0.2, -0.15) is 0 Å². The second-order valence-corrected chi connectivity index (χ2v) is 3.28. The van der Waals surface area contributed by atoms with Gasteiger partial charge in [0.2, 0.25) is 0 Å². The highest BCUT2D eigenvalue weighted by Crippen LogP contribution is 2.32. The minimum atomic E-state index is 0.506. The third-order valence-electron chi connectivity index (χ3n) is 2.53. The number of rotatable bonds is 1. The minimum Gasteiger partial charge on any atom is -0.372 e. The number of likely N-dealkylation sites (N-methyl/N-ethyl adjacent to an activating group) is 2. The molecule has 1 aliphatic rings. The Hall–Kier alpha value is -1.02. The smallest absolute Gasteiger partial charge is 0.0516 e. The first-order valence-electron chi connectivity index (χ1n) is 5.30. The third kappa shape index (κ3) is 1.90. The van der Waals surface area contributed by atoms with Crippen molar-refractivity contribution in [3.05, 3.63) is 29.8 Å². The number of para-hydroxylation sites is 1. The Morgan fingerprint density at radius 1 is 1.29 bits per heavy atom. The van der Waals surface area contributed by atoms with Gasteiger partial charge in [-0.3, -0.25) is 0 Å². The van der Waals surface area contributed by atoms with E-state index in [1.807, 2.05) is 20.9 Å². The Labute approximate surface area is 86.9 Å². The van der Waals surface area contributed by atoms with E-state index in [0.29, 0.717) is 6.04 Å². The molecule has 1 heterocycles. The largest absolute Gasteiger partial charge is 0.372 e. The lowest BCUT2D eigenvalue weighted by Gasteiger charge is -2.11. The molecule has 1 unspecified atom stereocenters. The molecule has 1 aromatic rings. The van der Waals surface area contributed by atoms with Crippen molar-refractivity contribution in [3.8, 4) is 0 Å². The van der Waals surface area contributed by atoms with Crippen molar-refractivity contribution in [1.29, 1.82) is 0 Å². The molecule has 0 aliphatic carbocycles. The van der Waals surface area contributed by atoms with Crippen LogP contribution in [0.1, 0.15) is 25.5 Å². The van der Waals surface area contributed by atoms with Crippen molar-refractivity contribution in [1.82, 2.24) is 5.32 Å². The van der Waals surface area contributed by atoms with Crippen LogP contribution in [0.2, 0.25) is 0 Å². The lowest BCUT2D eigenvalue weighted by atomic mass is 10.1. The predicted octanol–water partition coefficient (Wildman–Crippen LogP) is 2.42. The molecule has 2 rings (SSSR count). The number of anilines is 1. The molecule has 2 nitrogen and oxygen atoms in total. The molecular weight excluding hydrogens is 172 g/mol. The molecule has 1 N–H and O–H groups in total. The van der Waals surface area contributed by atoms with E-state index in [-0.39, 0.29) is 0 Å². The van der Waals surface area contributed by atoms with Gasteiger partial charge in [-0.25, -0.2) is 0 Å². The van der Waals surface area contributed by atoms with Gasteiger partial charge < -0.3 is 10.2 Å². The van der Waals surface area contributed by atoms with Crippen molar-refractivity contribution < 1.29 is 0 Å². The van der Waals surface area contributed by atoms with Gasteiger partial charge in [-0.15, -0.1) is 0 Å². The van der Waals surface area contributed by atoms with Crippen molar-refractivity contribution >= 4 is 5.69 Å². The lowest BCUT2D eigenvalue weighted by molar-refractivity contribution is 0.626. The number of benzene rings is 1. The molecule has 1 aromatic carbocycles. The van der Waals surface area contributed by atoms with Gasteiger partial charge >= 0.3 is 0 Å². The summed E-state index contributed by atoms with van der Waals surface area (Å²) in [7, 11) is 4.15. The van der Waals surface area contributed by atoms with Crippen molar-refractivity contribution in [2.75, 3.05) is 25.5 Å². The molecule has 0 radical (unpaired) electrons. The molecule has 1 atom stereocenters. The number of nitrogens with zero attached hydrogens (tertiary/aromatic N) is 1.